The van der Waals surface area contributed by atoms with Crippen molar-refractivity contribution in [3.05, 3.63) is 0 Å². The molecule has 2 bridgehead atoms. The lowest BCUT2D eigenvalue weighted by atomic mass is 9.58. The molecule has 5 fully saturated rings. The molecule has 4 saturated heterocycles. The maximum absolute atomic E-state index is 11.3. The van der Waals surface area contributed by atoms with Gasteiger partial charge in [0.15, 0.2) is 18.2 Å². The van der Waals surface area contributed by atoms with E-state index in [9.17, 15) is 4.79 Å². The van der Waals surface area contributed by atoms with Gasteiger partial charge in [0.1, 0.15) is 0 Å². The highest BCUT2D eigenvalue weighted by atomic mass is 17.3. The topological polar surface area (TPSA) is 87.3 Å². The van der Waals surface area contributed by atoms with E-state index in [1.54, 1.807) is 7.05 Å². The first-order valence-electron chi connectivity index (χ1n) is 10.2. The van der Waals surface area contributed by atoms with E-state index >= 15 is 0 Å². The molecule has 0 aromatic rings. The smallest absolute Gasteiger partial charge is 0.314 e. The van der Waals surface area contributed by atoms with Crippen molar-refractivity contribution in [2.75, 3.05) is 20.2 Å². The van der Waals surface area contributed by atoms with Crippen molar-refractivity contribution in [2.45, 2.75) is 70.4 Å². The van der Waals surface area contributed by atoms with E-state index in [2.05, 4.69) is 24.5 Å². The number of fused-ring (bicyclic) bond motifs is 2. The predicted octanol–water partition coefficient (Wildman–Crippen LogP) is 2.14. The van der Waals surface area contributed by atoms with Crippen LogP contribution in [0.1, 0.15) is 46.5 Å². The van der Waals surface area contributed by atoms with Crippen molar-refractivity contribution in [2.24, 2.45) is 23.7 Å². The number of ether oxygens (including phenoxy) is 3. The van der Waals surface area contributed by atoms with Crippen LogP contribution in [0.3, 0.4) is 0 Å². The zero-order valence-electron chi connectivity index (χ0n) is 16.7. The second kappa shape index (κ2) is 7.15. The van der Waals surface area contributed by atoms with Crippen LogP contribution in [0.5, 0.6) is 0 Å². The number of nitrogens with one attached hydrogen (secondary N) is 2. The molecule has 4 aliphatic heterocycles. The summed E-state index contributed by atoms with van der Waals surface area (Å²) in [6.07, 6.45) is 3.13. The Morgan fingerprint density at radius 3 is 2.78 bits per heavy atom. The lowest BCUT2D eigenvalue weighted by molar-refractivity contribution is -0.577. The molecule has 8 heteroatoms. The highest BCUT2D eigenvalue weighted by Gasteiger charge is 2.69. The van der Waals surface area contributed by atoms with Gasteiger partial charge >= 0.3 is 6.03 Å². The second-order valence-electron chi connectivity index (χ2n) is 8.65. The molecule has 27 heavy (non-hydrogen) atoms. The number of hydrogen-bond acceptors (Lipinski definition) is 6. The fourth-order valence-corrected chi connectivity index (χ4v) is 5.49. The summed E-state index contributed by atoms with van der Waals surface area (Å²) in [5.41, 5.74) is -0.562. The van der Waals surface area contributed by atoms with E-state index in [0.29, 0.717) is 25.0 Å². The summed E-state index contributed by atoms with van der Waals surface area (Å²) in [6, 6.07) is -0.220. The molecule has 0 radical (unpaired) electrons. The van der Waals surface area contributed by atoms with Crippen LogP contribution < -0.4 is 10.6 Å². The molecule has 154 valence electrons. The van der Waals surface area contributed by atoms with Gasteiger partial charge in [0.05, 0.1) is 6.61 Å². The van der Waals surface area contributed by atoms with Gasteiger partial charge in [0, 0.05) is 31.8 Å². The zero-order valence-corrected chi connectivity index (χ0v) is 16.7. The van der Waals surface area contributed by atoms with E-state index in [1.165, 1.54) is 6.42 Å². The van der Waals surface area contributed by atoms with Crippen molar-refractivity contribution >= 4 is 6.03 Å². The molecule has 8 nitrogen and oxygen atoms in total. The highest BCUT2D eigenvalue weighted by molar-refractivity contribution is 5.73. The molecule has 2 N–H and O–H groups in total. The van der Waals surface area contributed by atoms with Crippen molar-refractivity contribution in [3.63, 3.8) is 0 Å². The van der Waals surface area contributed by atoms with Gasteiger partial charge in [0.25, 0.3) is 0 Å². The maximum atomic E-state index is 11.3. The molecule has 2 amide bonds. The first-order valence-corrected chi connectivity index (χ1v) is 10.2. The molecule has 1 spiro atoms. The summed E-state index contributed by atoms with van der Waals surface area (Å²) in [5, 5.41) is 5.25. The average Bonchev–Trinajstić information content (AvgIpc) is 2.88. The van der Waals surface area contributed by atoms with Crippen LogP contribution in [-0.2, 0) is 24.0 Å². The van der Waals surface area contributed by atoms with Crippen LogP contribution >= 0.6 is 0 Å². The molecule has 5 aliphatic rings. The maximum Gasteiger partial charge on any atom is 0.314 e. The first-order chi connectivity index (χ1) is 12.9. The van der Waals surface area contributed by atoms with E-state index < -0.39 is 24.0 Å². The zero-order chi connectivity index (χ0) is 19.2. The molecule has 0 unspecified atom stereocenters. The molecular weight excluding hydrogens is 352 g/mol. The minimum absolute atomic E-state index is 0.144. The Morgan fingerprint density at radius 1 is 1.19 bits per heavy atom. The lowest BCUT2D eigenvalue weighted by Gasteiger charge is -2.60. The predicted molar refractivity (Wildman–Crippen MR) is 95.2 cm³/mol. The van der Waals surface area contributed by atoms with E-state index in [0.717, 1.165) is 19.3 Å². The standard InChI is InChI=1S/C19H32N2O6/c1-11-5-6-14-12(2)15(23-10-9-21-17(22)20-4)24-16-19(14)13(11)7-8-18(3,25-16)26-27-19/h11-16H,5-10H2,1-4H3,(H2,20,21,22)/t11-,12-,13+,14+,15-,16-,18+,19-/m1/s1. The summed E-state index contributed by atoms with van der Waals surface area (Å²) >= 11 is 0. The van der Waals surface area contributed by atoms with Gasteiger partial charge in [-0.05, 0) is 38.0 Å². The minimum atomic E-state index is -0.774. The quantitative estimate of drug-likeness (QED) is 0.570. The highest BCUT2D eigenvalue weighted by Crippen LogP contribution is 2.60. The molecular formula is C19H32N2O6. The summed E-state index contributed by atoms with van der Waals surface area (Å²) in [4.78, 5) is 23.2. The van der Waals surface area contributed by atoms with Crippen molar-refractivity contribution in [3.8, 4) is 0 Å². The van der Waals surface area contributed by atoms with Gasteiger partial charge in [-0.25, -0.2) is 14.6 Å². The molecule has 1 aliphatic carbocycles. The number of carbonyl (C=O) groups is 1. The molecule has 0 aromatic heterocycles. The SMILES string of the molecule is CNC(=O)NCCO[C@@H]1O[C@@H]2O[C@]3(C)CC[C@H]4[C@H](C)CC[C@@H]([C@H]1C)[C@@]24OO3. The van der Waals surface area contributed by atoms with Gasteiger partial charge in [-0.15, -0.1) is 0 Å². The van der Waals surface area contributed by atoms with E-state index in [1.807, 2.05) is 6.92 Å². The third-order valence-corrected chi connectivity index (χ3v) is 6.99. The van der Waals surface area contributed by atoms with Crippen molar-refractivity contribution < 1.29 is 28.8 Å². The number of rotatable bonds is 4. The van der Waals surface area contributed by atoms with Crippen molar-refractivity contribution in [1.29, 1.82) is 0 Å². The number of urea groups is 1. The second-order valence-corrected chi connectivity index (χ2v) is 8.65. The Kier molecular flexibility index (Phi) is 5.13. The third-order valence-electron chi connectivity index (χ3n) is 6.99. The molecule has 1 saturated carbocycles. The lowest BCUT2D eigenvalue weighted by Crippen LogP contribution is -2.70. The minimum Gasteiger partial charge on any atom is -0.350 e. The first kappa shape index (κ1) is 19.4. The summed E-state index contributed by atoms with van der Waals surface area (Å²) < 4.78 is 18.6. The fraction of sp³-hybridized carbons (Fsp3) is 0.947. The molecule has 5 rings (SSSR count). The van der Waals surface area contributed by atoms with Crippen LogP contribution in [0.15, 0.2) is 0 Å². The van der Waals surface area contributed by atoms with E-state index in [4.69, 9.17) is 24.0 Å². The Balaban J connectivity index is 1.51. The van der Waals surface area contributed by atoms with Crippen molar-refractivity contribution in [1.82, 2.24) is 10.6 Å². The van der Waals surface area contributed by atoms with Crippen LogP contribution in [0, 0.1) is 23.7 Å². The fourth-order valence-electron chi connectivity index (χ4n) is 5.49. The van der Waals surface area contributed by atoms with Gasteiger partial charge in [0.2, 0.25) is 5.79 Å². The van der Waals surface area contributed by atoms with Crippen LogP contribution in [-0.4, -0.2) is 50.2 Å². The molecule has 4 heterocycles. The average molecular weight is 384 g/mol. The molecule has 0 aromatic carbocycles. The Morgan fingerprint density at radius 2 is 2.00 bits per heavy atom. The summed E-state index contributed by atoms with van der Waals surface area (Å²) in [6.45, 7) is 7.17. The largest absolute Gasteiger partial charge is 0.350 e. The number of carbonyl (C=O) groups excluding carboxylic acids is 1. The summed E-state index contributed by atoms with van der Waals surface area (Å²) in [5.74, 6) is 0.511. The van der Waals surface area contributed by atoms with Crippen LogP contribution in [0.4, 0.5) is 4.79 Å². The number of amides is 2. The van der Waals surface area contributed by atoms with Gasteiger partial charge < -0.3 is 24.8 Å². The van der Waals surface area contributed by atoms with E-state index in [-0.39, 0.29) is 17.9 Å². The Bertz CT molecular complexity index is 576. The van der Waals surface area contributed by atoms with Gasteiger partial charge in [-0.3, -0.25) is 0 Å². The molecule has 8 atom stereocenters. The van der Waals surface area contributed by atoms with Crippen LogP contribution in [0.2, 0.25) is 0 Å². The normalized spacial score (nSPS) is 48.4. The number of hydrogen-bond donors (Lipinski definition) is 2. The Labute approximate surface area is 160 Å². The van der Waals surface area contributed by atoms with Gasteiger partial charge in [-0.2, -0.15) is 0 Å². The van der Waals surface area contributed by atoms with Gasteiger partial charge in [-0.1, -0.05) is 13.8 Å². The van der Waals surface area contributed by atoms with Crippen LogP contribution in [0.25, 0.3) is 0 Å². The monoisotopic (exact) mass is 384 g/mol. The Hall–Kier alpha value is -0.930. The summed E-state index contributed by atoms with van der Waals surface area (Å²) in [7, 11) is 1.59. The third kappa shape index (κ3) is 3.15.